The molecule has 3 atom stereocenters. The number of amides is 1. The Hall–Kier alpha value is -0.670. The summed E-state index contributed by atoms with van der Waals surface area (Å²) in [5, 5.41) is 4.04. The maximum atomic E-state index is 12.1. The van der Waals surface area contributed by atoms with Gasteiger partial charge in [0, 0.05) is 29.0 Å². The zero-order chi connectivity index (χ0) is 15.9. The number of thioether (sulfide) groups is 1. The summed E-state index contributed by atoms with van der Waals surface area (Å²) in [7, 11) is 0. The van der Waals surface area contributed by atoms with Gasteiger partial charge < -0.3 is 5.32 Å². The average Bonchev–Trinajstić information content (AvgIpc) is 2.50. The van der Waals surface area contributed by atoms with Gasteiger partial charge in [0.05, 0.1) is 0 Å². The van der Waals surface area contributed by atoms with Crippen molar-refractivity contribution in [3.63, 3.8) is 0 Å². The summed E-state index contributed by atoms with van der Waals surface area (Å²) in [5.41, 5.74) is 1.14. The first-order chi connectivity index (χ1) is 10.6. The van der Waals surface area contributed by atoms with Crippen LogP contribution in [-0.4, -0.2) is 17.7 Å². The summed E-state index contributed by atoms with van der Waals surface area (Å²) in [6, 6.07) is 8.26. The summed E-state index contributed by atoms with van der Waals surface area (Å²) < 4.78 is 0. The SMILES string of the molecule is C[C@@H]1[C@H](C)CCC[C@H]1NC(=O)CCSCc1ccccc1Cl. The normalized spacial score (nSPS) is 25.0. The zero-order valence-corrected chi connectivity index (χ0v) is 15.1. The fraction of sp³-hybridized carbons (Fsp3) is 0.611. The molecule has 2 rings (SSSR count). The van der Waals surface area contributed by atoms with Crippen LogP contribution < -0.4 is 5.32 Å². The minimum Gasteiger partial charge on any atom is -0.353 e. The number of hydrogen-bond donors (Lipinski definition) is 1. The van der Waals surface area contributed by atoms with E-state index in [9.17, 15) is 4.79 Å². The highest BCUT2D eigenvalue weighted by atomic mass is 35.5. The van der Waals surface area contributed by atoms with Crippen molar-refractivity contribution in [1.29, 1.82) is 0 Å². The van der Waals surface area contributed by atoms with Gasteiger partial charge in [-0.1, -0.05) is 56.5 Å². The lowest BCUT2D eigenvalue weighted by Gasteiger charge is -2.34. The molecule has 2 nitrogen and oxygen atoms in total. The Labute approximate surface area is 143 Å². The molecule has 0 aromatic heterocycles. The van der Waals surface area contributed by atoms with Crippen LogP contribution in [0.4, 0.5) is 0 Å². The van der Waals surface area contributed by atoms with Gasteiger partial charge in [-0.15, -0.1) is 0 Å². The zero-order valence-electron chi connectivity index (χ0n) is 13.5. The summed E-state index contributed by atoms with van der Waals surface area (Å²) in [6.07, 6.45) is 4.25. The third-order valence-corrected chi connectivity index (χ3v) is 6.12. The summed E-state index contributed by atoms with van der Waals surface area (Å²) in [5.74, 6) is 3.21. The Morgan fingerprint density at radius 3 is 2.86 bits per heavy atom. The number of halogens is 1. The van der Waals surface area contributed by atoms with Crippen molar-refractivity contribution >= 4 is 29.3 Å². The van der Waals surface area contributed by atoms with E-state index in [1.165, 1.54) is 12.8 Å². The van der Waals surface area contributed by atoms with Crippen LogP contribution in [0.1, 0.15) is 45.1 Å². The molecule has 0 saturated heterocycles. The van der Waals surface area contributed by atoms with E-state index in [1.54, 1.807) is 11.8 Å². The minimum absolute atomic E-state index is 0.192. The first kappa shape index (κ1) is 17.7. The Morgan fingerprint density at radius 1 is 1.32 bits per heavy atom. The average molecular weight is 340 g/mol. The third-order valence-electron chi connectivity index (χ3n) is 4.74. The molecule has 122 valence electrons. The Morgan fingerprint density at radius 2 is 2.09 bits per heavy atom. The quantitative estimate of drug-likeness (QED) is 0.746. The van der Waals surface area contributed by atoms with Crippen molar-refractivity contribution in [2.45, 2.75) is 51.3 Å². The predicted molar refractivity (Wildman–Crippen MR) is 96.3 cm³/mol. The minimum atomic E-state index is 0.192. The van der Waals surface area contributed by atoms with E-state index in [1.807, 2.05) is 24.3 Å². The van der Waals surface area contributed by atoms with Gasteiger partial charge in [-0.25, -0.2) is 0 Å². The lowest BCUT2D eigenvalue weighted by molar-refractivity contribution is -0.122. The van der Waals surface area contributed by atoms with Crippen LogP contribution in [-0.2, 0) is 10.5 Å². The molecule has 22 heavy (non-hydrogen) atoms. The second-order valence-corrected chi connectivity index (χ2v) is 7.85. The molecule has 1 aliphatic rings. The number of benzene rings is 1. The van der Waals surface area contributed by atoms with Gasteiger partial charge in [0.1, 0.15) is 0 Å². The molecule has 0 heterocycles. The monoisotopic (exact) mass is 339 g/mol. The van der Waals surface area contributed by atoms with E-state index < -0.39 is 0 Å². The Bertz CT molecular complexity index is 494. The smallest absolute Gasteiger partial charge is 0.221 e. The molecule has 1 fully saturated rings. The van der Waals surface area contributed by atoms with Crippen LogP contribution in [0, 0.1) is 11.8 Å². The molecule has 0 bridgehead atoms. The second-order valence-electron chi connectivity index (χ2n) is 6.34. The van der Waals surface area contributed by atoms with Crippen LogP contribution in [0.3, 0.4) is 0 Å². The molecular weight excluding hydrogens is 314 g/mol. The van der Waals surface area contributed by atoms with E-state index in [0.29, 0.717) is 24.3 Å². The molecule has 1 N–H and O–H groups in total. The fourth-order valence-electron chi connectivity index (χ4n) is 3.03. The summed E-state index contributed by atoms with van der Waals surface area (Å²) in [4.78, 5) is 12.1. The number of rotatable bonds is 6. The lowest BCUT2D eigenvalue weighted by Crippen LogP contribution is -2.43. The van der Waals surface area contributed by atoms with Gasteiger partial charge in [-0.3, -0.25) is 4.79 Å². The van der Waals surface area contributed by atoms with Crippen molar-refractivity contribution in [3.8, 4) is 0 Å². The number of carbonyl (C=O) groups is 1. The number of carbonyl (C=O) groups excluding carboxylic acids is 1. The van der Waals surface area contributed by atoms with Crippen molar-refractivity contribution in [3.05, 3.63) is 34.9 Å². The van der Waals surface area contributed by atoms with Gasteiger partial charge in [-0.2, -0.15) is 11.8 Å². The summed E-state index contributed by atoms with van der Waals surface area (Å²) >= 11 is 7.90. The molecule has 0 spiro atoms. The molecule has 0 radical (unpaired) electrons. The summed E-state index contributed by atoms with van der Waals surface area (Å²) in [6.45, 7) is 4.56. The molecule has 1 amide bonds. The maximum absolute atomic E-state index is 12.1. The Kier molecular flexibility index (Phi) is 7.10. The van der Waals surface area contributed by atoms with Crippen LogP contribution in [0.15, 0.2) is 24.3 Å². The van der Waals surface area contributed by atoms with E-state index in [4.69, 9.17) is 11.6 Å². The molecule has 0 aliphatic heterocycles. The van der Waals surface area contributed by atoms with E-state index >= 15 is 0 Å². The van der Waals surface area contributed by atoms with Crippen LogP contribution in [0.5, 0.6) is 0 Å². The Balaban J connectivity index is 1.67. The van der Waals surface area contributed by atoms with Gasteiger partial charge >= 0.3 is 0 Å². The van der Waals surface area contributed by atoms with Gasteiger partial charge in [0.15, 0.2) is 0 Å². The maximum Gasteiger partial charge on any atom is 0.221 e. The van der Waals surface area contributed by atoms with Gasteiger partial charge in [0.2, 0.25) is 5.91 Å². The molecule has 0 unspecified atom stereocenters. The number of hydrogen-bond acceptors (Lipinski definition) is 2. The first-order valence-electron chi connectivity index (χ1n) is 8.18. The molecular formula is C18H26ClNOS. The lowest BCUT2D eigenvalue weighted by atomic mass is 9.78. The molecule has 1 saturated carbocycles. The fourth-order valence-corrected chi connectivity index (χ4v) is 4.25. The first-order valence-corrected chi connectivity index (χ1v) is 9.71. The van der Waals surface area contributed by atoms with Gasteiger partial charge in [-0.05, 0) is 29.9 Å². The predicted octanol–water partition coefficient (Wildman–Crippen LogP) is 4.90. The highest BCUT2D eigenvalue weighted by Crippen LogP contribution is 2.29. The highest BCUT2D eigenvalue weighted by molar-refractivity contribution is 7.98. The van der Waals surface area contributed by atoms with Crippen molar-refractivity contribution in [1.82, 2.24) is 5.32 Å². The van der Waals surface area contributed by atoms with E-state index in [0.717, 1.165) is 28.5 Å². The molecule has 1 aromatic rings. The van der Waals surface area contributed by atoms with Crippen LogP contribution in [0.2, 0.25) is 5.02 Å². The van der Waals surface area contributed by atoms with Crippen molar-refractivity contribution < 1.29 is 4.79 Å². The standard InChI is InChI=1S/C18H26ClNOS/c1-13-6-5-9-17(14(13)2)20-18(21)10-11-22-12-15-7-3-4-8-16(15)19/h3-4,7-8,13-14,17H,5-6,9-12H2,1-2H3,(H,20,21)/t13-,14-,17-/m1/s1. The molecule has 1 aliphatic carbocycles. The van der Waals surface area contributed by atoms with E-state index in [-0.39, 0.29) is 5.91 Å². The highest BCUT2D eigenvalue weighted by Gasteiger charge is 2.27. The van der Waals surface area contributed by atoms with E-state index in [2.05, 4.69) is 19.2 Å². The van der Waals surface area contributed by atoms with Crippen molar-refractivity contribution in [2.24, 2.45) is 11.8 Å². The topological polar surface area (TPSA) is 29.1 Å². The number of nitrogens with one attached hydrogen (secondary N) is 1. The van der Waals surface area contributed by atoms with Gasteiger partial charge in [0.25, 0.3) is 0 Å². The van der Waals surface area contributed by atoms with Crippen molar-refractivity contribution in [2.75, 3.05) is 5.75 Å². The molecule has 4 heteroatoms. The second kappa shape index (κ2) is 8.83. The third kappa shape index (κ3) is 5.20. The largest absolute Gasteiger partial charge is 0.353 e. The molecule has 1 aromatic carbocycles. The van der Waals surface area contributed by atoms with Crippen LogP contribution in [0.25, 0.3) is 0 Å². The van der Waals surface area contributed by atoms with Crippen LogP contribution >= 0.6 is 23.4 Å².